The second kappa shape index (κ2) is 10.2. The Morgan fingerprint density at radius 1 is 1.16 bits per heavy atom. The number of rotatable bonds is 10. The molecule has 1 fully saturated rings. The van der Waals surface area contributed by atoms with E-state index in [-0.39, 0.29) is 17.7 Å². The van der Waals surface area contributed by atoms with E-state index in [1.54, 1.807) is 4.90 Å². The van der Waals surface area contributed by atoms with Gasteiger partial charge in [0.15, 0.2) is 0 Å². The molecule has 0 aliphatic carbocycles. The Kier molecular flexibility index (Phi) is 7.92. The molecule has 5 nitrogen and oxygen atoms in total. The monoisotopic (exact) mass is 345 g/mol. The quantitative estimate of drug-likeness (QED) is 0.663. The van der Waals surface area contributed by atoms with Gasteiger partial charge in [-0.05, 0) is 51.0 Å². The second-order valence-electron chi connectivity index (χ2n) is 6.73. The fourth-order valence-corrected chi connectivity index (χ4v) is 3.37. The average Bonchev–Trinajstić information content (AvgIpc) is 3.01. The van der Waals surface area contributed by atoms with E-state index >= 15 is 0 Å². The molecular formula is C20H31N3O2. The van der Waals surface area contributed by atoms with Gasteiger partial charge in [0.2, 0.25) is 11.8 Å². The van der Waals surface area contributed by atoms with E-state index in [1.807, 2.05) is 30.3 Å². The van der Waals surface area contributed by atoms with Gasteiger partial charge in [-0.3, -0.25) is 9.59 Å². The molecule has 0 saturated carbocycles. The molecule has 1 heterocycles. The van der Waals surface area contributed by atoms with Crippen molar-refractivity contribution in [3.63, 3.8) is 0 Å². The molecule has 138 valence electrons. The number of nitrogens with one attached hydrogen (secondary N) is 1. The average molecular weight is 345 g/mol. The maximum absolute atomic E-state index is 12.4. The zero-order valence-electron chi connectivity index (χ0n) is 15.5. The number of hydrogen-bond acceptors (Lipinski definition) is 3. The number of nitrogens with zero attached hydrogens (tertiary/aromatic N) is 2. The molecule has 1 saturated heterocycles. The summed E-state index contributed by atoms with van der Waals surface area (Å²) in [6.07, 6.45) is 3.57. The highest BCUT2D eigenvalue weighted by Crippen LogP contribution is 2.24. The smallest absolute Gasteiger partial charge is 0.227 e. The molecule has 1 unspecified atom stereocenters. The van der Waals surface area contributed by atoms with Crippen molar-refractivity contribution in [1.82, 2.24) is 10.2 Å². The number of hydrogen-bond donors (Lipinski definition) is 1. The van der Waals surface area contributed by atoms with Gasteiger partial charge in [0, 0.05) is 25.2 Å². The van der Waals surface area contributed by atoms with Crippen LogP contribution in [0.15, 0.2) is 30.3 Å². The second-order valence-corrected chi connectivity index (χ2v) is 6.73. The van der Waals surface area contributed by atoms with Gasteiger partial charge in [0.1, 0.15) is 0 Å². The Morgan fingerprint density at radius 3 is 2.48 bits per heavy atom. The maximum Gasteiger partial charge on any atom is 0.227 e. The fourth-order valence-electron chi connectivity index (χ4n) is 3.37. The van der Waals surface area contributed by atoms with Crippen LogP contribution in [0.3, 0.4) is 0 Å². The number of anilines is 1. The highest BCUT2D eigenvalue weighted by Gasteiger charge is 2.34. The third-order valence-electron chi connectivity index (χ3n) is 4.59. The fraction of sp³-hybridized carbons (Fsp3) is 0.600. The van der Waals surface area contributed by atoms with E-state index in [9.17, 15) is 9.59 Å². The van der Waals surface area contributed by atoms with Gasteiger partial charge in [0.05, 0.1) is 5.92 Å². The molecule has 2 rings (SSSR count). The summed E-state index contributed by atoms with van der Waals surface area (Å²) in [4.78, 5) is 28.7. The lowest BCUT2D eigenvalue weighted by Gasteiger charge is -2.21. The Labute approximate surface area is 151 Å². The van der Waals surface area contributed by atoms with Crippen molar-refractivity contribution in [2.75, 3.05) is 37.6 Å². The lowest BCUT2D eigenvalue weighted by atomic mass is 10.1. The van der Waals surface area contributed by atoms with Gasteiger partial charge in [0.25, 0.3) is 0 Å². The lowest BCUT2D eigenvalue weighted by molar-refractivity contribution is -0.126. The number of para-hydroxylation sites is 1. The first-order valence-corrected chi connectivity index (χ1v) is 9.51. The van der Waals surface area contributed by atoms with Gasteiger partial charge < -0.3 is 15.1 Å². The minimum atomic E-state index is -0.241. The Bertz CT molecular complexity index is 541. The molecule has 5 heteroatoms. The van der Waals surface area contributed by atoms with Crippen LogP contribution < -0.4 is 10.2 Å². The number of carbonyl (C=O) groups is 2. The van der Waals surface area contributed by atoms with Crippen LogP contribution in [-0.2, 0) is 9.59 Å². The zero-order valence-corrected chi connectivity index (χ0v) is 15.5. The first-order valence-electron chi connectivity index (χ1n) is 9.51. The maximum atomic E-state index is 12.4. The topological polar surface area (TPSA) is 52.7 Å². The molecule has 0 bridgehead atoms. The summed E-state index contributed by atoms with van der Waals surface area (Å²) in [7, 11) is 0. The van der Waals surface area contributed by atoms with Crippen molar-refractivity contribution in [1.29, 1.82) is 0 Å². The van der Waals surface area contributed by atoms with Gasteiger partial charge in [-0.2, -0.15) is 0 Å². The predicted molar refractivity (Wildman–Crippen MR) is 102 cm³/mol. The third kappa shape index (κ3) is 5.85. The minimum Gasteiger partial charge on any atom is -0.356 e. The van der Waals surface area contributed by atoms with Crippen LogP contribution in [0.5, 0.6) is 0 Å². The van der Waals surface area contributed by atoms with E-state index in [0.29, 0.717) is 19.5 Å². The van der Waals surface area contributed by atoms with Gasteiger partial charge in [-0.1, -0.05) is 32.0 Å². The summed E-state index contributed by atoms with van der Waals surface area (Å²) in [6, 6.07) is 9.57. The number of benzene rings is 1. The van der Waals surface area contributed by atoms with Crippen molar-refractivity contribution in [2.45, 2.75) is 39.5 Å². The summed E-state index contributed by atoms with van der Waals surface area (Å²) in [5, 5.41) is 3.01. The van der Waals surface area contributed by atoms with E-state index in [2.05, 4.69) is 24.1 Å². The summed E-state index contributed by atoms with van der Waals surface area (Å²) in [5.41, 5.74) is 0.873. The molecular weight excluding hydrogens is 314 g/mol. The molecule has 25 heavy (non-hydrogen) atoms. The molecule has 1 atom stereocenters. The van der Waals surface area contributed by atoms with Crippen LogP contribution in [0.1, 0.15) is 39.5 Å². The van der Waals surface area contributed by atoms with Crippen LogP contribution in [0.2, 0.25) is 0 Å². The molecule has 1 aromatic rings. The van der Waals surface area contributed by atoms with Crippen LogP contribution in [0.25, 0.3) is 0 Å². The molecule has 1 aromatic carbocycles. The molecule has 0 radical (unpaired) electrons. The standard InChI is InChI=1S/C20H31N3O2/c1-3-12-22(13-4-2)14-8-11-21-20(25)17-15-19(24)23(16-17)18-9-6-5-7-10-18/h5-7,9-10,17H,3-4,8,11-16H2,1-2H3,(H,21,25). The van der Waals surface area contributed by atoms with E-state index in [1.165, 1.54) is 0 Å². The van der Waals surface area contributed by atoms with Crippen LogP contribution in [0.4, 0.5) is 5.69 Å². The van der Waals surface area contributed by atoms with Crippen LogP contribution >= 0.6 is 0 Å². The molecule has 1 aliphatic rings. The largest absolute Gasteiger partial charge is 0.356 e. The molecule has 1 N–H and O–H groups in total. The van der Waals surface area contributed by atoms with Crippen LogP contribution in [-0.4, -0.2) is 49.4 Å². The first kappa shape index (κ1) is 19.4. The lowest BCUT2D eigenvalue weighted by Crippen LogP contribution is -2.35. The summed E-state index contributed by atoms with van der Waals surface area (Å²) in [6.45, 7) is 8.79. The predicted octanol–water partition coefficient (Wildman–Crippen LogP) is 2.67. The van der Waals surface area contributed by atoms with Gasteiger partial charge >= 0.3 is 0 Å². The Morgan fingerprint density at radius 2 is 1.84 bits per heavy atom. The van der Waals surface area contributed by atoms with Crippen molar-refractivity contribution in [2.24, 2.45) is 5.92 Å². The van der Waals surface area contributed by atoms with E-state index in [4.69, 9.17) is 0 Å². The summed E-state index contributed by atoms with van der Waals surface area (Å²) >= 11 is 0. The Balaban J connectivity index is 1.74. The minimum absolute atomic E-state index is 0.00399. The van der Waals surface area contributed by atoms with Crippen LogP contribution in [0, 0.1) is 5.92 Å². The zero-order chi connectivity index (χ0) is 18.1. The van der Waals surface area contributed by atoms with E-state index in [0.717, 1.165) is 44.6 Å². The first-order chi connectivity index (χ1) is 12.2. The van der Waals surface area contributed by atoms with Gasteiger partial charge in [-0.25, -0.2) is 0 Å². The van der Waals surface area contributed by atoms with Crippen molar-refractivity contribution in [3.8, 4) is 0 Å². The van der Waals surface area contributed by atoms with Crippen molar-refractivity contribution in [3.05, 3.63) is 30.3 Å². The SMILES string of the molecule is CCCN(CCC)CCCNC(=O)C1CC(=O)N(c2ccccc2)C1. The number of carbonyl (C=O) groups excluding carboxylic acids is 2. The summed E-state index contributed by atoms with van der Waals surface area (Å²) in [5.74, 6) is -0.206. The normalized spacial score (nSPS) is 17.3. The molecule has 1 aliphatic heterocycles. The third-order valence-corrected chi connectivity index (χ3v) is 4.59. The highest BCUT2D eigenvalue weighted by atomic mass is 16.2. The molecule has 2 amide bonds. The van der Waals surface area contributed by atoms with Gasteiger partial charge in [-0.15, -0.1) is 0 Å². The Hall–Kier alpha value is -1.88. The molecule has 0 aromatic heterocycles. The number of amides is 2. The van der Waals surface area contributed by atoms with E-state index < -0.39 is 0 Å². The summed E-state index contributed by atoms with van der Waals surface area (Å²) < 4.78 is 0. The van der Waals surface area contributed by atoms with Crippen molar-refractivity contribution < 1.29 is 9.59 Å². The highest BCUT2D eigenvalue weighted by molar-refractivity contribution is 6.00. The van der Waals surface area contributed by atoms with Crippen molar-refractivity contribution >= 4 is 17.5 Å². The molecule has 0 spiro atoms.